The van der Waals surface area contributed by atoms with E-state index in [-0.39, 0.29) is 12.4 Å². The Morgan fingerprint density at radius 3 is 2.13 bits per heavy atom. The maximum absolute atomic E-state index is 13.0. The first-order chi connectivity index (χ1) is 10.4. The van der Waals surface area contributed by atoms with Gasteiger partial charge in [0.15, 0.2) is 0 Å². The van der Waals surface area contributed by atoms with Crippen molar-refractivity contribution in [2.24, 2.45) is 5.92 Å². The van der Waals surface area contributed by atoms with Gasteiger partial charge in [-0.3, -0.25) is 0 Å². The van der Waals surface area contributed by atoms with Crippen molar-refractivity contribution in [2.75, 3.05) is 26.7 Å². The van der Waals surface area contributed by atoms with Crippen molar-refractivity contribution in [1.82, 2.24) is 9.62 Å². The van der Waals surface area contributed by atoms with Crippen LogP contribution in [0.15, 0.2) is 17.0 Å². The zero-order valence-corrected chi connectivity index (χ0v) is 16.2. The van der Waals surface area contributed by atoms with Gasteiger partial charge in [0.25, 0.3) is 0 Å². The molecule has 23 heavy (non-hydrogen) atoms. The normalized spacial score (nSPS) is 17.0. The lowest BCUT2D eigenvalue weighted by atomic mass is 9.95. The Kier molecular flexibility index (Phi) is 7.52. The number of nitrogens with one attached hydrogen (secondary N) is 1. The van der Waals surface area contributed by atoms with Gasteiger partial charge in [0, 0.05) is 13.1 Å². The third-order valence-electron chi connectivity index (χ3n) is 4.58. The number of benzene rings is 1. The van der Waals surface area contributed by atoms with E-state index in [0.717, 1.165) is 42.5 Å². The zero-order chi connectivity index (χ0) is 16.3. The smallest absolute Gasteiger partial charge is 0.243 e. The molecule has 1 aromatic carbocycles. The molecule has 0 radical (unpaired) electrons. The number of nitrogens with zero attached hydrogens (tertiary/aromatic N) is 1. The van der Waals surface area contributed by atoms with Crippen LogP contribution < -0.4 is 5.32 Å². The van der Waals surface area contributed by atoms with E-state index in [9.17, 15) is 8.42 Å². The van der Waals surface area contributed by atoms with E-state index in [4.69, 9.17) is 0 Å². The SMILES string of the molecule is CNCCC1CCN(S(=O)(=O)c2c(C)cc(C)cc2C)CC1.Cl. The van der Waals surface area contributed by atoms with E-state index in [1.165, 1.54) is 0 Å². The van der Waals surface area contributed by atoms with Gasteiger partial charge in [-0.25, -0.2) is 8.42 Å². The third-order valence-corrected chi connectivity index (χ3v) is 6.78. The van der Waals surface area contributed by atoms with Crippen LogP contribution in [0.2, 0.25) is 0 Å². The molecule has 0 bridgehead atoms. The molecule has 6 heteroatoms. The Hall–Kier alpha value is -0.620. The van der Waals surface area contributed by atoms with Crippen LogP contribution in [0, 0.1) is 26.7 Å². The number of rotatable bonds is 5. The Balaban J connectivity index is 0.00000264. The Bertz CT molecular complexity index is 600. The maximum Gasteiger partial charge on any atom is 0.243 e. The van der Waals surface area contributed by atoms with Crippen molar-refractivity contribution in [3.05, 3.63) is 28.8 Å². The topological polar surface area (TPSA) is 49.4 Å². The lowest BCUT2D eigenvalue weighted by Gasteiger charge is -2.32. The average molecular weight is 361 g/mol. The first kappa shape index (κ1) is 20.4. The summed E-state index contributed by atoms with van der Waals surface area (Å²) in [6.45, 7) is 8.09. The van der Waals surface area contributed by atoms with E-state index in [1.54, 1.807) is 4.31 Å². The number of hydrogen-bond acceptors (Lipinski definition) is 3. The highest BCUT2D eigenvalue weighted by Gasteiger charge is 2.31. The van der Waals surface area contributed by atoms with Crippen LogP contribution in [0.25, 0.3) is 0 Å². The minimum absolute atomic E-state index is 0. The predicted octanol–water partition coefficient (Wildman–Crippen LogP) is 3.04. The molecule has 0 amide bonds. The highest BCUT2D eigenvalue weighted by atomic mass is 35.5. The van der Waals surface area contributed by atoms with Crippen LogP contribution in [-0.4, -0.2) is 39.4 Å². The second-order valence-electron chi connectivity index (χ2n) is 6.47. The maximum atomic E-state index is 13.0. The van der Waals surface area contributed by atoms with Gasteiger partial charge in [0.1, 0.15) is 0 Å². The summed E-state index contributed by atoms with van der Waals surface area (Å²) < 4.78 is 27.6. The third kappa shape index (κ3) is 4.69. The predicted molar refractivity (Wildman–Crippen MR) is 97.9 cm³/mol. The van der Waals surface area contributed by atoms with Gasteiger partial charge in [-0.05, 0) is 70.7 Å². The van der Waals surface area contributed by atoms with Crippen LogP contribution in [-0.2, 0) is 10.0 Å². The molecule has 0 spiro atoms. The van der Waals surface area contributed by atoms with Crippen LogP contribution in [0.1, 0.15) is 36.0 Å². The molecular weight excluding hydrogens is 332 g/mol. The minimum atomic E-state index is -3.37. The molecule has 0 unspecified atom stereocenters. The monoisotopic (exact) mass is 360 g/mol. The largest absolute Gasteiger partial charge is 0.320 e. The number of sulfonamides is 1. The summed E-state index contributed by atoms with van der Waals surface area (Å²) in [7, 11) is -1.41. The molecule has 0 aliphatic carbocycles. The van der Waals surface area contributed by atoms with Crippen LogP contribution in [0.3, 0.4) is 0 Å². The molecule has 132 valence electrons. The standard InChI is InChI=1S/C17H28N2O2S.ClH/c1-13-11-14(2)17(15(3)12-13)22(20,21)19-9-6-16(7-10-19)5-8-18-4;/h11-12,16,18H,5-10H2,1-4H3;1H. The minimum Gasteiger partial charge on any atom is -0.320 e. The van der Waals surface area contributed by atoms with Crippen molar-refractivity contribution in [3.63, 3.8) is 0 Å². The molecule has 0 aromatic heterocycles. The van der Waals surface area contributed by atoms with E-state index in [2.05, 4.69) is 5.32 Å². The van der Waals surface area contributed by atoms with Gasteiger partial charge in [-0.15, -0.1) is 12.4 Å². The summed E-state index contributed by atoms with van der Waals surface area (Å²) in [5.41, 5.74) is 2.82. The summed E-state index contributed by atoms with van der Waals surface area (Å²) in [6.07, 6.45) is 3.06. The van der Waals surface area contributed by atoms with E-state index in [1.807, 2.05) is 40.0 Å². The molecule has 1 heterocycles. The highest BCUT2D eigenvalue weighted by Crippen LogP contribution is 2.29. The molecule has 1 saturated heterocycles. The second kappa shape index (κ2) is 8.47. The number of halogens is 1. The molecule has 2 rings (SSSR count). The van der Waals surface area contributed by atoms with E-state index in [0.29, 0.717) is 23.9 Å². The molecule has 0 saturated carbocycles. The van der Waals surface area contributed by atoms with Gasteiger partial charge in [0.2, 0.25) is 10.0 Å². The second-order valence-corrected chi connectivity index (χ2v) is 8.34. The van der Waals surface area contributed by atoms with Crippen molar-refractivity contribution < 1.29 is 8.42 Å². The van der Waals surface area contributed by atoms with Crippen molar-refractivity contribution in [3.8, 4) is 0 Å². The lowest BCUT2D eigenvalue weighted by molar-refractivity contribution is 0.263. The van der Waals surface area contributed by atoms with E-state index < -0.39 is 10.0 Å². The fraction of sp³-hybridized carbons (Fsp3) is 0.647. The Morgan fingerprint density at radius 2 is 1.65 bits per heavy atom. The van der Waals surface area contributed by atoms with Gasteiger partial charge in [-0.1, -0.05) is 17.7 Å². The first-order valence-corrected chi connectivity index (χ1v) is 9.53. The molecule has 1 fully saturated rings. The zero-order valence-electron chi connectivity index (χ0n) is 14.6. The quantitative estimate of drug-likeness (QED) is 0.878. The molecule has 1 aromatic rings. The number of aryl methyl sites for hydroxylation is 3. The summed E-state index contributed by atoms with van der Waals surface area (Å²) in [5.74, 6) is 0.638. The summed E-state index contributed by atoms with van der Waals surface area (Å²) in [6, 6.07) is 3.92. The average Bonchev–Trinajstić information content (AvgIpc) is 2.44. The van der Waals surface area contributed by atoms with Gasteiger partial charge in [-0.2, -0.15) is 4.31 Å². The molecule has 0 atom stereocenters. The molecule has 4 nitrogen and oxygen atoms in total. The van der Waals surface area contributed by atoms with Gasteiger partial charge >= 0.3 is 0 Å². The van der Waals surface area contributed by atoms with Crippen molar-refractivity contribution in [1.29, 1.82) is 0 Å². The van der Waals surface area contributed by atoms with Crippen molar-refractivity contribution in [2.45, 2.75) is 44.9 Å². The van der Waals surface area contributed by atoms with Gasteiger partial charge in [0.05, 0.1) is 4.90 Å². The Morgan fingerprint density at radius 1 is 1.13 bits per heavy atom. The van der Waals surface area contributed by atoms with E-state index >= 15 is 0 Å². The lowest BCUT2D eigenvalue weighted by Crippen LogP contribution is -2.39. The summed E-state index contributed by atoms with van der Waals surface area (Å²) in [5, 5.41) is 3.17. The van der Waals surface area contributed by atoms with Crippen molar-refractivity contribution >= 4 is 22.4 Å². The molecule has 1 N–H and O–H groups in total. The van der Waals surface area contributed by atoms with Crippen LogP contribution in [0.4, 0.5) is 0 Å². The number of piperidine rings is 1. The van der Waals surface area contributed by atoms with Gasteiger partial charge < -0.3 is 5.32 Å². The molecule has 1 aliphatic heterocycles. The van der Waals surface area contributed by atoms with Crippen LogP contribution >= 0.6 is 12.4 Å². The molecular formula is C17H29ClN2O2S. The molecule has 1 aliphatic rings. The highest BCUT2D eigenvalue weighted by molar-refractivity contribution is 7.89. The fourth-order valence-electron chi connectivity index (χ4n) is 3.49. The number of hydrogen-bond donors (Lipinski definition) is 1. The Labute approximate surface area is 147 Å². The fourth-order valence-corrected chi connectivity index (χ4v) is 5.37. The first-order valence-electron chi connectivity index (χ1n) is 8.09. The van der Waals surface area contributed by atoms with Crippen LogP contribution in [0.5, 0.6) is 0 Å². The summed E-state index contributed by atoms with van der Waals surface area (Å²) in [4.78, 5) is 0.506. The summed E-state index contributed by atoms with van der Waals surface area (Å²) >= 11 is 0.